The second-order valence-electron chi connectivity index (χ2n) is 5.01. The summed E-state index contributed by atoms with van der Waals surface area (Å²) in [5, 5.41) is 3.49. The predicted molar refractivity (Wildman–Crippen MR) is 78.1 cm³/mol. The van der Waals surface area contributed by atoms with Gasteiger partial charge in [-0.15, -0.1) is 0 Å². The van der Waals surface area contributed by atoms with Crippen LogP contribution in [0.15, 0.2) is 24.3 Å². The molecule has 2 heteroatoms. The van der Waals surface area contributed by atoms with Crippen LogP contribution in [0, 0.1) is 0 Å². The third kappa shape index (κ3) is 5.65. The smallest absolute Gasteiger partial charge is 0.0626 e. The number of rotatable bonds is 8. The van der Waals surface area contributed by atoms with Crippen LogP contribution in [0.25, 0.3) is 0 Å². The van der Waals surface area contributed by atoms with Gasteiger partial charge in [0, 0.05) is 6.04 Å². The number of hydrogen-bond acceptors (Lipinski definition) is 2. The quantitative estimate of drug-likeness (QED) is 0.764. The van der Waals surface area contributed by atoms with E-state index in [1.165, 1.54) is 11.1 Å². The average molecular weight is 249 g/mol. The first-order chi connectivity index (χ1) is 8.65. The van der Waals surface area contributed by atoms with E-state index in [1.54, 1.807) is 0 Å². The molecule has 1 N–H and O–H groups in total. The Bertz CT molecular complexity index is 318. The Kier molecular flexibility index (Phi) is 6.99. The first-order valence-electron chi connectivity index (χ1n) is 7.08. The molecule has 1 aromatic rings. The summed E-state index contributed by atoms with van der Waals surface area (Å²) in [5.41, 5.74) is 2.78. The van der Waals surface area contributed by atoms with Crippen molar-refractivity contribution in [3.63, 3.8) is 0 Å². The third-order valence-corrected chi connectivity index (χ3v) is 3.04. The topological polar surface area (TPSA) is 21.3 Å². The Balaban J connectivity index is 2.52. The minimum atomic E-state index is 0.300. The van der Waals surface area contributed by atoms with Gasteiger partial charge < -0.3 is 10.1 Å². The maximum absolute atomic E-state index is 5.71. The van der Waals surface area contributed by atoms with E-state index in [-0.39, 0.29) is 0 Å². The molecular formula is C16H27NO. The van der Waals surface area contributed by atoms with Gasteiger partial charge in [-0.05, 0) is 44.4 Å². The zero-order valence-corrected chi connectivity index (χ0v) is 12.2. The van der Waals surface area contributed by atoms with E-state index in [1.807, 2.05) is 0 Å². The lowest BCUT2D eigenvalue weighted by molar-refractivity contribution is 0.0616. The Morgan fingerprint density at radius 3 is 2.17 bits per heavy atom. The molecule has 0 aliphatic rings. The summed E-state index contributed by atoms with van der Waals surface area (Å²) in [5.74, 6) is 0. The Hall–Kier alpha value is -0.860. The summed E-state index contributed by atoms with van der Waals surface area (Å²) in [6.07, 6.45) is 2.44. The van der Waals surface area contributed by atoms with Crippen molar-refractivity contribution in [3.05, 3.63) is 35.4 Å². The van der Waals surface area contributed by atoms with Crippen LogP contribution in [-0.2, 0) is 17.6 Å². The molecule has 0 bridgehead atoms. The lowest BCUT2D eigenvalue weighted by atomic mass is 10.0. The van der Waals surface area contributed by atoms with Crippen LogP contribution >= 0.6 is 0 Å². The van der Waals surface area contributed by atoms with Crippen LogP contribution in [0.3, 0.4) is 0 Å². The summed E-state index contributed by atoms with van der Waals surface area (Å²) in [7, 11) is 0. The second-order valence-corrected chi connectivity index (χ2v) is 5.01. The van der Waals surface area contributed by atoms with Gasteiger partial charge in [0.1, 0.15) is 0 Å². The van der Waals surface area contributed by atoms with Crippen molar-refractivity contribution >= 4 is 0 Å². The molecule has 0 saturated carbocycles. The largest absolute Gasteiger partial charge is 0.377 e. The Morgan fingerprint density at radius 1 is 1.06 bits per heavy atom. The number of nitrogens with one attached hydrogen (secondary N) is 1. The minimum Gasteiger partial charge on any atom is -0.377 e. The molecule has 0 radical (unpaired) electrons. The standard InChI is InChI=1S/C16H27NO/c1-5-14-7-9-15(10-8-14)11-16(17-6-2)12-18-13(3)4/h7-10,13,16-17H,5-6,11-12H2,1-4H3. The first-order valence-corrected chi connectivity index (χ1v) is 7.08. The summed E-state index contributed by atoms with van der Waals surface area (Å²) >= 11 is 0. The molecule has 0 saturated heterocycles. The number of ether oxygens (including phenoxy) is 1. The molecule has 0 amide bonds. The van der Waals surface area contributed by atoms with Crippen molar-refractivity contribution in [1.29, 1.82) is 0 Å². The highest BCUT2D eigenvalue weighted by atomic mass is 16.5. The molecule has 0 aliphatic carbocycles. The molecule has 102 valence electrons. The van der Waals surface area contributed by atoms with E-state index in [0.29, 0.717) is 12.1 Å². The van der Waals surface area contributed by atoms with Gasteiger partial charge in [-0.2, -0.15) is 0 Å². The molecule has 0 fully saturated rings. The summed E-state index contributed by atoms with van der Waals surface area (Å²) < 4.78 is 5.71. The van der Waals surface area contributed by atoms with Gasteiger partial charge in [-0.25, -0.2) is 0 Å². The second kappa shape index (κ2) is 8.28. The lowest BCUT2D eigenvalue weighted by Crippen LogP contribution is -2.36. The number of likely N-dealkylation sites (N-methyl/N-ethyl adjacent to an activating group) is 1. The number of aryl methyl sites for hydroxylation is 1. The van der Waals surface area contributed by atoms with E-state index >= 15 is 0 Å². The molecule has 1 rings (SSSR count). The summed E-state index contributed by atoms with van der Waals surface area (Å²) in [4.78, 5) is 0. The highest BCUT2D eigenvalue weighted by Gasteiger charge is 2.09. The van der Waals surface area contributed by atoms with E-state index < -0.39 is 0 Å². The fraction of sp³-hybridized carbons (Fsp3) is 0.625. The Morgan fingerprint density at radius 2 is 1.67 bits per heavy atom. The summed E-state index contributed by atoms with van der Waals surface area (Å²) in [6.45, 7) is 10.3. The number of benzene rings is 1. The third-order valence-electron chi connectivity index (χ3n) is 3.04. The van der Waals surface area contributed by atoms with Gasteiger partial charge in [-0.1, -0.05) is 38.1 Å². The fourth-order valence-electron chi connectivity index (χ4n) is 1.98. The molecule has 1 atom stereocenters. The predicted octanol–water partition coefficient (Wildman–Crippen LogP) is 3.19. The molecule has 1 unspecified atom stereocenters. The molecule has 0 spiro atoms. The lowest BCUT2D eigenvalue weighted by Gasteiger charge is -2.19. The van der Waals surface area contributed by atoms with Crippen LogP contribution in [0.5, 0.6) is 0 Å². The minimum absolute atomic E-state index is 0.300. The molecule has 1 aromatic carbocycles. The molecule has 0 aliphatic heterocycles. The van der Waals surface area contributed by atoms with Crippen molar-refractivity contribution in [3.8, 4) is 0 Å². The van der Waals surface area contributed by atoms with E-state index in [2.05, 4.69) is 57.3 Å². The number of hydrogen-bond donors (Lipinski definition) is 1. The van der Waals surface area contributed by atoms with Crippen LogP contribution in [0.1, 0.15) is 38.8 Å². The van der Waals surface area contributed by atoms with E-state index in [0.717, 1.165) is 26.0 Å². The average Bonchev–Trinajstić information content (AvgIpc) is 2.37. The van der Waals surface area contributed by atoms with Gasteiger partial charge in [0.2, 0.25) is 0 Å². The maximum atomic E-state index is 5.71. The normalized spacial score (nSPS) is 12.9. The molecule has 0 heterocycles. The summed E-state index contributed by atoms with van der Waals surface area (Å²) in [6, 6.07) is 9.32. The van der Waals surface area contributed by atoms with Gasteiger partial charge in [0.05, 0.1) is 12.7 Å². The van der Waals surface area contributed by atoms with E-state index in [9.17, 15) is 0 Å². The van der Waals surface area contributed by atoms with Gasteiger partial charge in [-0.3, -0.25) is 0 Å². The van der Waals surface area contributed by atoms with Crippen molar-refractivity contribution in [2.75, 3.05) is 13.2 Å². The highest BCUT2D eigenvalue weighted by molar-refractivity contribution is 5.23. The van der Waals surface area contributed by atoms with Crippen molar-refractivity contribution in [1.82, 2.24) is 5.32 Å². The van der Waals surface area contributed by atoms with Gasteiger partial charge in [0.15, 0.2) is 0 Å². The molecule has 2 nitrogen and oxygen atoms in total. The zero-order chi connectivity index (χ0) is 13.4. The van der Waals surface area contributed by atoms with E-state index in [4.69, 9.17) is 4.74 Å². The van der Waals surface area contributed by atoms with Crippen LogP contribution in [0.2, 0.25) is 0 Å². The van der Waals surface area contributed by atoms with Crippen LogP contribution < -0.4 is 5.32 Å². The van der Waals surface area contributed by atoms with Crippen molar-refractivity contribution in [2.24, 2.45) is 0 Å². The monoisotopic (exact) mass is 249 g/mol. The first kappa shape index (κ1) is 15.2. The maximum Gasteiger partial charge on any atom is 0.0626 e. The SMILES string of the molecule is CCNC(COC(C)C)Cc1ccc(CC)cc1. The zero-order valence-electron chi connectivity index (χ0n) is 12.2. The van der Waals surface area contributed by atoms with Crippen LogP contribution in [0.4, 0.5) is 0 Å². The fourth-order valence-corrected chi connectivity index (χ4v) is 1.98. The molecule has 0 aromatic heterocycles. The Labute approximate surface area is 112 Å². The van der Waals surface area contributed by atoms with Crippen LogP contribution in [-0.4, -0.2) is 25.3 Å². The van der Waals surface area contributed by atoms with Crippen molar-refractivity contribution < 1.29 is 4.74 Å². The molecular weight excluding hydrogens is 222 g/mol. The van der Waals surface area contributed by atoms with Crippen molar-refractivity contribution in [2.45, 2.75) is 52.7 Å². The van der Waals surface area contributed by atoms with Gasteiger partial charge in [0.25, 0.3) is 0 Å². The highest BCUT2D eigenvalue weighted by Crippen LogP contribution is 2.08. The molecule has 18 heavy (non-hydrogen) atoms. The van der Waals surface area contributed by atoms with Gasteiger partial charge >= 0.3 is 0 Å².